The maximum Gasteiger partial charge on any atom is 0.169 e. The number of nitrogens with two attached hydrogens (primary N) is 1. The van der Waals surface area contributed by atoms with Crippen molar-refractivity contribution in [2.75, 3.05) is 5.73 Å². The Labute approximate surface area is 111 Å². The van der Waals surface area contributed by atoms with Crippen LogP contribution in [0.25, 0.3) is 0 Å². The number of nitrogens with zero attached hydrogens (tertiary/aromatic N) is 1. The number of rotatable bonds is 3. The van der Waals surface area contributed by atoms with E-state index in [1.54, 1.807) is 18.3 Å². The third-order valence-electron chi connectivity index (χ3n) is 2.26. The first kappa shape index (κ1) is 12.8. The van der Waals surface area contributed by atoms with Gasteiger partial charge in [-0.1, -0.05) is 6.07 Å². The minimum atomic E-state index is -0.774. The zero-order valence-electron chi connectivity index (χ0n) is 9.16. The van der Waals surface area contributed by atoms with Gasteiger partial charge in [0.25, 0.3) is 0 Å². The lowest BCUT2D eigenvalue weighted by molar-refractivity contribution is 0.287. The van der Waals surface area contributed by atoms with Crippen LogP contribution in [0.5, 0.6) is 5.75 Å². The van der Waals surface area contributed by atoms with E-state index in [0.29, 0.717) is 11.4 Å². The Hall–Kier alpha value is -1.69. The van der Waals surface area contributed by atoms with Crippen molar-refractivity contribution in [1.82, 2.24) is 4.98 Å². The van der Waals surface area contributed by atoms with Crippen molar-refractivity contribution in [3.8, 4) is 5.75 Å². The summed E-state index contributed by atoms with van der Waals surface area (Å²) in [7, 11) is 0. The van der Waals surface area contributed by atoms with Gasteiger partial charge in [-0.3, -0.25) is 0 Å². The molecule has 0 bridgehead atoms. The van der Waals surface area contributed by atoms with Gasteiger partial charge >= 0.3 is 0 Å². The van der Waals surface area contributed by atoms with Crippen molar-refractivity contribution in [3.63, 3.8) is 0 Å². The van der Waals surface area contributed by atoms with E-state index in [2.05, 4.69) is 20.9 Å². The highest BCUT2D eigenvalue weighted by Crippen LogP contribution is 2.30. The van der Waals surface area contributed by atoms with Crippen molar-refractivity contribution < 1.29 is 13.5 Å². The van der Waals surface area contributed by atoms with Crippen molar-refractivity contribution in [2.24, 2.45) is 0 Å². The van der Waals surface area contributed by atoms with Crippen LogP contribution in [0.3, 0.4) is 0 Å². The highest BCUT2D eigenvalue weighted by molar-refractivity contribution is 9.10. The van der Waals surface area contributed by atoms with Crippen LogP contribution in [-0.4, -0.2) is 4.98 Å². The van der Waals surface area contributed by atoms with Crippen molar-refractivity contribution in [2.45, 2.75) is 6.61 Å². The van der Waals surface area contributed by atoms with Crippen LogP contribution in [0.4, 0.5) is 14.6 Å². The first-order chi connectivity index (χ1) is 8.58. The molecule has 0 unspecified atom stereocenters. The fourth-order valence-electron chi connectivity index (χ4n) is 1.39. The number of pyridine rings is 1. The first-order valence-electron chi connectivity index (χ1n) is 5.04. The highest BCUT2D eigenvalue weighted by Gasteiger charge is 2.11. The molecule has 2 N–H and O–H groups in total. The number of hydrogen-bond acceptors (Lipinski definition) is 3. The number of aromatic nitrogens is 1. The standard InChI is InChI=1S/C12H9BrF2N2O/c13-9-4-8(14)5-10(15)11(9)18-6-7-2-1-3-17-12(7)16/h1-5H,6H2,(H2,16,17). The summed E-state index contributed by atoms with van der Waals surface area (Å²) in [5.74, 6) is -1.19. The molecule has 0 aliphatic rings. The van der Waals surface area contributed by atoms with Crippen molar-refractivity contribution >= 4 is 21.7 Å². The van der Waals surface area contributed by atoms with Crippen molar-refractivity contribution in [1.29, 1.82) is 0 Å². The SMILES string of the molecule is Nc1ncccc1COc1c(F)cc(F)cc1Br. The van der Waals surface area contributed by atoms with Crippen LogP contribution in [0.1, 0.15) is 5.56 Å². The Bertz CT molecular complexity index is 555. The molecular weight excluding hydrogens is 306 g/mol. The van der Waals surface area contributed by atoms with Gasteiger partial charge in [0.15, 0.2) is 11.6 Å². The average molecular weight is 315 g/mol. The van der Waals surface area contributed by atoms with Gasteiger partial charge in [-0.05, 0) is 28.1 Å². The number of benzene rings is 1. The third-order valence-corrected chi connectivity index (χ3v) is 2.85. The molecule has 2 aromatic rings. The van der Waals surface area contributed by atoms with Crippen LogP contribution in [0.2, 0.25) is 0 Å². The molecule has 2 rings (SSSR count). The molecule has 0 aliphatic carbocycles. The van der Waals surface area contributed by atoms with Crippen LogP contribution in [0, 0.1) is 11.6 Å². The molecule has 0 spiro atoms. The number of ether oxygens (including phenoxy) is 1. The summed E-state index contributed by atoms with van der Waals surface area (Å²) >= 11 is 3.04. The van der Waals surface area contributed by atoms with Crippen LogP contribution in [-0.2, 0) is 6.61 Å². The van der Waals surface area contributed by atoms with Gasteiger partial charge in [-0.25, -0.2) is 13.8 Å². The van der Waals surface area contributed by atoms with E-state index in [4.69, 9.17) is 10.5 Å². The number of hydrogen-bond donors (Lipinski definition) is 1. The lowest BCUT2D eigenvalue weighted by Gasteiger charge is -2.10. The van der Waals surface area contributed by atoms with Crippen LogP contribution >= 0.6 is 15.9 Å². The molecule has 0 saturated heterocycles. The molecule has 0 atom stereocenters. The smallest absolute Gasteiger partial charge is 0.169 e. The predicted octanol–water partition coefficient (Wildman–Crippen LogP) is 3.28. The van der Waals surface area contributed by atoms with E-state index >= 15 is 0 Å². The lowest BCUT2D eigenvalue weighted by Crippen LogP contribution is -2.03. The van der Waals surface area contributed by atoms with Crippen molar-refractivity contribution in [3.05, 3.63) is 52.1 Å². The molecule has 18 heavy (non-hydrogen) atoms. The Morgan fingerprint density at radius 1 is 1.33 bits per heavy atom. The first-order valence-corrected chi connectivity index (χ1v) is 5.84. The highest BCUT2D eigenvalue weighted by atomic mass is 79.9. The van der Waals surface area contributed by atoms with E-state index in [1.165, 1.54) is 0 Å². The fraction of sp³-hybridized carbons (Fsp3) is 0.0833. The Balaban J connectivity index is 2.19. The minimum Gasteiger partial charge on any atom is -0.484 e. The molecule has 0 fully saturated rings. The summed E-state index contributed by atoms with van der Waals surface area (Å²) in [6.45, 7) is 0.0564. The number of halogens is 3. The minimum absolute atomic E-state index is 0.0559. The molecule has 94 valence electrons. The normalized spacial score (nSPS) is 10.4. The molecular formula is C12H9BrF2N2O. The maximum absolute atomic E-state index is 13.5. The Morgan fingerprint density at radius 3 is 2.78 bits per heavy atom. The molecule has 0 aliphatic heterocycles. The van der Waals surface area contributed by atoms with Gasteiger partial charge < -0.3 is 10.5 Å². The van der Waals surface area contributed by atoms with Crippen LogP contribution in [0.15, 0.2) is 34.9 Å². The van der Waals surface area contributed by atoms with Gasteiger partial charge in [0.1, 0.15) is 18.2 Å². The van der Waals surface area contributed by atoms with Gasteiger partial charge in [-0.15, -0.1) is 0 Å². The molecule has 1 heterocycles. The van der Waals surface area contributed by atoms with E-state index in [1.807, 2.05) is 0 Å². The maximum atomic E-state index is 13.5. The molecule has 0 radical (unpaired) electrons. The molecule has 0 saturated carbocycles. The average Bonchev–Trinajstić information content (AvgIpc) is 2.30. The Kier molecular flexibility index (Phi) is 3.76. The second-order valence-corrected chi connectivity index (χ2v) is 4.39. The lowest BCUT2D eigenvalue weighted by atomic mass is 10.2. The fourth-order valence-corrected chi connectivity index (χ4v) is 1.91. The summed E-state index contributed by atoms with van der Waals surface area (Å²) in [5, 5.41) is 0. The van der Waals surface area contributed by atoms with E-state index in [0.717, 1.165) is 12.1 Å². The van der Waals surface area contributed by atoms with E-state index in [9.17, 15) is 8.78 Å². The summed E-state index contributed by atoms with van der Waals surface area (Å²) in [6.07, 6.45) is 1.55. The monoisotopic (exact) mass is 314 g/mol. The second kappa shape index (κ2) is 5.30. The molecule has 6 heteroatoms. The quantitative estimate of drug-likeness (QED) is 0.945. The predicted molar refractivity (Wildman–Crippen MR) is 67.0 cm³/mol. The van der Waals surface area contributed by atoms with Gasteiger partial charge in [-0.2, -0.15) is 0 Å². The Morgan fingerprint density at radius 2 is 2.11 bits per heavy atom. The number of nitrogen functional groups attached to an aromatic ring is 1. The third kappa shape index (κ3) is 2.76. The largest absolute Gasteiger partial charge is 0.484 e. The zero-order valence-corrected chi connectivity index (χ0v) is 10.7. The van der Waals surface area contributed by atoms with Gasteiger partial charge in [0.05, 0.1) is 4.47 Å². The second-order valence-electron chi connectivity index (χ2n) is 3.54. The van der Waals surface area contributed by atoms with Gasteiger partial charge in [0, 0.05) is 17.8 Å². The van der Waals surface area contributed by atoms with E-state index < -0.39 is 11.6 Å². The summed E-state index contributed by atoms with van der Waals surface area (Å²) in [5.41, 5.74) is 6.26. The van der Waals surface area contributed by atoms with E-state index in [-0.39, 0.29) is 16.8 Å². The molecule has 1 aromatic heterocycles. The summed E-state index contributed by atoms with van der Waals surface area (Å²) in [4.78, 5) is 3.88. The summed E-state index contributed by atoms with van der Waals surface area (Å²) < 4.78 is 31.8. The number of anilines is 1. The molecule has 3 nitrogen and oxygen atoms in total. The molecule has 1 aromatic carbocycles. The topological polar surface area (TPSA) is 48.1 Å². The molecule has 0 amide bonds. The summed E-state index contributed by atoms with van der Waals surface area (Å²) in [6, 6.07) is 5.31. The van der Waals surface area contributed by atoms with Crippen LogP contribution < -0.4 is 10.5 Å². The van der Waals surface area contributed by atoms with Gasteiger partial charge in [0.2, 0.25) is 0 Å². The zero-order chi connectivity index (χ0) is 13.1.